The summed E-state index contributed by atoms with van der Waals surface area (Å²) in [5, 5.41) is 16.6. The lowest BCUT2D eigenvalue weighted by Crippen LogP contribution is -2.33. The fourth-order valence-corrected chi connectivity index (χ4v) is 1.92. The van der Waals surface area contributed by atoms with Crippen molar-refractivity contribution in [3.63, 3.8) is 0 Å². The molecule has 0 saturated carbocycles. The average Bonchev–Trinajstić information content (AvgIpc) is 2.45. The lowest BCUT2D eigenvalue weighted by molar-refractivity contribution is -0.385. The van der Waals surface area contributed by atoms with E-state index < -0.39 is 4.92 Å². The van der Waals surface area contributed by atoms with Crippen LogP contribution in [0.5, 0.6) is 0 Å². The Kier molecular flexibility index (Phi) is 6.58. The minimum Gasteiger partial charge on any atom is -0.370 e. The van der Waals surface area contributed by atoms with E-state index in [0.717, 1.165) is 25.5 Å². The van der Waals surface area contributed by atoms with Crippen molar-refractivity contribution in [1.82, 2.24) is 10.3 Å². The number of nitro groups is 1. The zero-order valence-corrected chi connectivity index (χ0v) is 12.7. The van der Waals surface area contributed by atoms with Gasteiger partial charge in [0.1, 0.15) is 12.0 Å². The molecule has 0 aliphatic carbocycles. The average molecular weight is 294 g/mol. The maximum Gasteiger partial charge on any atom is 0.288 e. The molecule has 21 heavy (non-hydrogen) atoms. The highest BCUT2D eigenvalue weighted by atomic mass is 16.6. The van der Waals surface area contributed by atoms with Crippen LogP contribution in [0.15, 0.2) is 12.3 Å². The Balaban J connectivity index is 2.93. The second-order valence-electron chi connectivity index (χ2n) is 4.89. The largest absolute Gasteiger partial charge is 0.370 e. The summed E-state index contributed by atoms with van der Waals surface area (Å²) in [6.07, 6.45) is 4.10. The van der Waals surface area contributed by atoms with Crippen LogP contribution in [-0.2, 0) is 0 Å². The molecule has 1 aromatic rings. The molecule has 2 N–H and O–H groups in total. The highest BCUT2D eigenvalue weighted by Crippen LogP contribution is 2.19. The molecule has 1 unspecified atom stereocenters. The molecule has 1 atom stereocenters. The fraction of sp³-hybridized carbons (Fsp3) is 0.571. The van der Waals surface area contributed by atoms with Crippen LogP contribution in [0, 0.1) is 10.1 Å². The van der Waals surface area contributed by atoms with E-state index in [1.165, 1.54) is 6.07 Å². The number of nitrogens with zero attached hydrogens (tertiary/aromatic N) is 2. The predicted octanol–water partition coefficient (Wildman–Crippen LogP) is 2.73. The number of hydrogen-bond donors (Lipinski definition) is 2. The van der Waals surface area contributed by atoms with Crippen LogP contribution in [0.3, 0.4) is 0 Å². The molecule has 0 radical (unpaired) electrons. The summed E-state index contributed by atoms with van der Waals surface area (Å²) in [6, 6.07) is 1.28. The third-order valence-corrected chi connectivity index (χ3v) is 3.04. The van der Waals surface area contributed by atoms with E-state index in [-0.39, 0.29) is 23.2 Å². The van der Waals surface area contributed by atoms with Crippen molar-refractivity contribution in [1.29, 1.82) is 0 Å². The lowest BCUT2D eigenvalue weighted by atomic mass is 10.1. The quantitative estimate of drug-likeness (QED) is 0.567. The van der Waals surface area contributed by atoms with Gasteiger partial charge in [0.25, 0.3) is 11.6 Å². The number of anilines is 1. The van der Waals surface area contributed by atoms with Crippen molar-refractivity contribution in [3.05, 3.63) is 27.9 Å². The smallest absolute Gasteiger partial charge is 0.288 e. The van der Waals surface area contributed by atoms with Crippen molar-refractivity contribution >= 4 is 17.4 Å². The van der Waals surface area contributed by atoms with Crippen molar-refractivity contribution in [2.45, 2.75) is 46.1 Å². The van der Waals surface area contributed by atoms with Crippen molar-refractivity contribution in [3.8, 4) is 0 Å². The van der Waals surface area contributed by atoms with Gasteiger partial charge in [-0.05, 0) is 20.3 Å². The molecular weight excluding hydrogens is 272 g/mol. The number of carbonyl (C=O) groups is 1. The van der Waals surface area contributed by atoms with Gasteiger partial charge < -0.3 is 10.6 Å². The third-order valence-electron chi connectivity index (χ3n) is 3.04. The van der Waals surface area contributed by atoms with Gasteiger partial charge >= 0.3 is 0 Å². The van der Waals surface area contributed by atoms with Crippen LogP contribution >= 0.6 is 0 Å². The Hall–Kier alpha value is -2.18. The molecule has 0 spiro atoms. The Bertz CT molecular complexity index is 505. The maximum absolute atomic E-state index is 12.3. The van der Waals surface area contributed by atoms with Gasteiger partial charge in [-0.1, -0.05) is 19.8 Å². The molecule has 7 nitrogen and oxygen atoms in total. The van der Waals surface area contributed by atoms with Gasteiger partial charge in [-0.3, -0.25) is 14.9 Å². The van der Waals surface area contributed by atoms with Crippen molar-refractivity contribution in [2.75, 3.05) is 11.9 Å². The molecule has 1 amide bonds. The van der Waals surface area contributed by atoms with Gasteiger partial charge in [-0.15, -0.1) is 0 Å². The van der Waals surface area contributed by atoms with Gasteiger partial charge in [0.05, 0.1) is 10.5 Å². The highest BCUT2D eigenvalue weighted by Gasteiger charge is 2.19. The Morgan fingerprint density at radius 3 is 2.76 bits per heavy atom. The van der Waals surface area contributed by atoms with Crippen molar-refractivity contribution in [2.24, 2.45) is 0 Å². The van der Waals surface area contributed by atoms with Crippen LogP contribution < -0.4 is 10.6 Å². The zero-order valence-electron chi connectivity index (χ0n) is 12.7. The Morgan fingerprint density at radius 2 is 2.19 bits per heavy atom. The highest BCUT2D eigenvalue weighted by molar-refractivity contribution is 5.99. The standard InChI is InChI=1S/C14H22N4O3/c1-4-6-7-10(3)17-14(19)12-8-11(18(20)21)9-16-13(12)15-5-2/h8-10H,4-7H2,1-3H3,(H,15,16)(H,17,19). The molecule has 7 heteroatoms. The van der Waals surface area contributed by atoms with Crippen molar-refractivity contribution < 1.29 is 9.72 Å². The minimum atomic E-state index is -0.556. The molecule has 0 aromatic carbocycles. The SMILES string of the molecule is CCCCC(C)NC(=O)c1cc([N+](=O)[O-])cnc1NCC. The first-order chi connectivity index (χ1) is 9.99. The zero-order chi connectivity index (χ0) is 15.8. The number of amides is 1. The fourth-order valence-electron chi connectivity index (χ4n) is 1.92. The molecular formula is C14H22N4O3. The van der Waals surface area contributed by atoms with Crippen LogP contribution in [0.4, 0.5) is 11.5 Å². The predicted molar refractivity (Wildman–Crippen MR) is 81.5 cm³/mol. The third kappa shape index (κ3) is 5.02. The van der Waals surface area contributed by atoms with E-state index >= 15 is 0 Å². The topological polar surface area (TPSA) is 97.2 Å². The van der Waals surface area contributed by atoms with Gasteiger partial charge in [0.15, 0.2) is 0 Å². The summed E-state index contributed by atoms with van der Waals surface area (Å²) in [5.74, 6) is 0.0223. The summed E-state index contributed by atoms with van der Waals surface area (Å²) in [6.45, 7) is 6.46. The summed E-state index contributed by atoms with van der Waals surface area (Å²) in [7, 11) is 0. The molecule has 1 rings (SSSR count). The van der Waals surface area contributed by atoms with Gasteiger partial charge in [-0.2, -0.15) is 0 Å². The van der Waals surface area contributed by atoms with E-state index in [0.29, 0.717) is 12.4 Å². The summed E-state index contributed by atoms with van der Waals surface area (Å²) < 4.78 is 0. The second-order valence-corrected chi connectivity index (χ2v) is 4.89. The molecule has 1 aromatic heterocycles. The van der Waals surface area contributed by atoms with Gasteiger partial charge in [-0.25, -0.2) is 4.98 Å². The number of nitrogens with one attached hydrogen (secondary N) is 2. The Labute approximate surface area is 124 Å². The summed E-state index contributed by atoms with van der Waals surface area (Å²) in [4.78, 5) is 26.5. The molecule has 0 aliphatic rings. The number of unbranched alkanes of at least 4 members (excludes halogenated alkanes) is 1. The monoisotopic (exact) mass is 294 g/mol. The van der Waals surface area contributed by atoms with Crippen LogP contribution in [0.2, 0.25) is 0 Å². The van der Waals surface area contributed by atoms with Crippen LogP contribution in [0.25, 0.3) is 0 Å². The molecule has 1 heterocycles. The van der Waals surface area contributed by atoms with E-state index in [9.17, 15) is 14.9 Å². The Morgan fingerprint density at radius 1 is 1.48 bits per heavy atom. The van der Waals surface area contributed by atoms with Gasteiger partial charge in [0, 0.05) is 18.7 Å². The van der Waals surface area contributed by atoms with E-state index in [1.807, 2.05) is 13.8 Å². The van der Waals surface area contributed by atoms with E-state index in [2.05, 4.69) is 22.5 Å². The first-order valence-electron chi connectivity index (χ1n) is 7.18. The maximum atomic E-state index is 12.3. The number of rotatable bonds is 8. The molecule has 0 fully saturated rings. The number of carbonyl (C=O) groups excluding carboxylic acids is 1. The minimum absolute atomic E-state index is 0.0196. The molecule has 116 valence electrons. The van der Waals surface area contributed by atoms with E-state index in [4.69, 9.17) is 0 Å². The first-order valence-corrected chi connectivity index (χ1v) is 7.18. The number of aromatic nitrogens is 1. The number of hydrogen-bond acceptors (Lipinski definition) is 5. The summed E-state index contributed by atoms with van der Waals surface area (Å²) in [5.41, 5.74) is 0.0115. The first kappa shape index (κ1) is 16.9. The normalized spacial score (nSPS) is 11.8. The lowest BCUT2D eigenvalue weighted by Gasteiger charge is -2.15. The van der Waals surface area contributed by atoms with Gasteiger partial charge in [0.2, 0.25) is 0 Å². The second kappa shape index (κ2) is 8.18. The molecule has 0 aliphatic heterocycles. The van der Waals surface area contributed by atoms with Crippen LogP contribution in [-0.4, -0.2) is 28.4 Å². The van der Waals surface area contributed by atoms with Crippen LogP contribution in [0.1, 0.15) is 50.4 Å². The molecule has 0 saturated heterocycles. The summed E-state index contributed by atoms with van der Waals surface area (Å²) >= 11 is 0. The van der Waals surface area contributed by atoms with E-state index in [1.54, 1.807) is 0 Å². The molecule has 0 bridgehead atoms. The number of pyridine rings is 1.